The average molecular weight is 197 g/mol. The van der Waals surface area contributed by atoms with Crippen molar-refractivity contribution in [1.82, 2.24) is 5.32 Å². The predicted molar refractivity (Wildman–Crippen MR) is 49.4 cm³/mol. The molecule has 2 aliphatic rings. The van der Waals surface area contributed by atoms with Gasteiger partial charge in [-0.3, -0.25) is 14.9 Å². The summed E-state index contributed by atoms with van der Waals surface area (Å²) in [5, 5.41) is 2.31. The molecule has 0 aliphatic carbocycles. The molecule has 78 valence electrons. The summed E-state index contributed by atoms with van der Waals surface area (Å²) >= 11 is 0. The van der Waals surface area contributed by atoms with Crippen molar-refractivity contribution in [2.45, 2.75) is 44.8 Å². The van der Waals surface area contributed by atoms with Crippen LogP contribution in [0.25, 0.3) is 0 Å². The summed E-state index contributed by atoms with van der Waals surface area (Å²) in [5.41, 5.74) is 0. The van der Waals surface area contributed by atoms with E-state index in [0.717, 1.165) is 12.8 Å². The Hall–Kier alpha value is -0.900. The van der Waals surface area contributed by atoms with Crippen molar-refractivity contribution in [2.24, 2.45) is 5.92 Å². The molecular formula is C10H15NO3. The van der Waals surface area contributed by atoms with Crippen LogP contribution in [0.15, 0.2) is 0 Å². The van der Waals surface area contributed by atoms with Crippen LogP contribution in [-0.2, 0) is 14.3 Å². The highest BCUT2D eigenvalue weighted by Gasteiger charge is 2.35. The van der Waals surface area contributed by atoms with Crippen LogP contribution in [0.3, 0.4) is 0 Å². The maximum absolute atomic E-state index is 11.1. The second-order valence-corrected chi connectivity index (χ2v) is 4.20. The maximum atomic E-state index is 11.1. The van der Waals surface area contributed by atoms with Crippen LogP contribution in [-0.4, -0.2) is 24.0 Å². The highest BCUT2D eigenvalue weighted by Crippen LogP contribution is 2.30. The van der Waals surface area contributed by atoms with E-state index in [-0.39, 0.29) is 29.9 Å². The van der Waals surface area contributed by atoms with E-state index >= 15 is 0 Å². The van der Waals surface area contributed by atoms with E-state index < -0.39 is 0 Å². The molecule has 0 aromatic heterocycles. The van der Waals surface area contributed by atoms with Crippen molar-refractivity contribution >= 4 is 11.8 Å². The molecule has 2 rings (SSSR count). The Labute approximate surface area is 83.0 Å². The molecule has 2 saturated heterocycles. The predicted octanol–water partition coefficient (Wildman–Crippen LogP) is 0.607. The fourth-order valence-corrected chi connectivity index (χ4v) is 2.25. The summed E-state index contributed by atoms with van der Waals surface area (Å²) in [5.74, 6) is -0.218. The number of amides is 2. The SMILES string of the molecule is CC1CCC(C2CC(=O)NC(=O)C2)O1. The van der Waals surface area contributed by atoms with Gasteiger partial charge in [0.2, 0.25) is 11.8 Å². The molecule has 0 radical (unpaired) electrons. The molecule has 0 aromatic carbocycles. The van der Waals surface area contributed by atoms with Crippen LogP contribution in [0.5, 0.6) is 0 Å². The quantitative estimate of drug-likeness (QED) is 0.626. The van der Waals surface area contributed by atoms with E-state index in [1.165, 1.54) is 0 Å². The topological polar surface area (TPSA) is 55.4 Å². The zero-order valence-electron chi connectivity index (χ0n) is 8.29. The zero-order valence-corrected chi connectivity index (χ0v) is 8.29. The lowest BCUT2D eigenvalue weighted by Crippen LogP contribution is -2.42. The molecule has 2 atom stereocenters. The van der Waals surface area contributed by atoms with Crippen molar-refractivity contribution in [3.63, 3.8) is 0 Å². The molecule has 4 heteroatoms. The van der Waals surface area contributed by atoms with E-state index in [4.69, 9.17) is 4.74 Å². The van der Waals surface area contributed by atoms with Crippen LogP contribution < -0.4 is 5.32 Å². The third kappa shape index (κ3) is 1.95. The fourth-order valence-electron chi connectivity index (χ4n) is 2.25. The molecule has 0 bridgehead atoms. The van der Waals surface area contributed by atoms with Crippen molar-refractivity contribution in [1.29, 1.82) is 0 Å². The average Bonchev–Trinajstić information content (AvgIpc) is 2.50. The number of nitrogens with one attached hydrogen (secondary N) is 1. The zero-order chi connectivity index (χ0) is 10.1. The number of carbonyl (C=O) groups is 2. The summed E-state index contributed by atoms with van der Waals surface area (Å²) in [4.78, 5) is 22.3. The summed E-state index contributed by atoms with van der Waals surface area (Å²) in [6.45, 7) is 2.03. The number of imide groups is 1. The van der Waals surface area contributed by atoms with Gasteiger partial charge in [0.15, 0.2) is 0 Å². The number of hydrogen-bond acceptors (Lipinski definition) is 3. The molecule has 2 unspecified atom stereocenters. The third-order valence-electron chi connectivity index (χ3n) is 2.96. The molecule has 1 N–H and O–H groups in total. The van der Waals surface area contributed by atoms with Gasteiger partial charge in [-0.05, 0) is 19.8 Å². The summed E-state index contributed by atoms with van der Waals surface area (Å²) < 4.78 is 5.67. The van der Waals surface area contributed by atoms with Crippen LogP contribution in [0.1, 0.15) is 32.6 Å². The largest absolute Gasteiger partial charge is 0.375 e. The van der Waals surface area contributed by atoms with Gasteiger partial charge in [0.05, 0.1) is 12.2 Å². The van der Waals surface area contributed by atoms with Crippen molar-refractivity contribution in [3.05, 3.63) is 0 Å². The monoisotopic (exact) mass is 197 g/mol. The van der Waals surface area contributed by atoms with Crippen molar-refractivity contribution in [3.8, 4) is 0 Å². The van der Waals surface area contributed by atoms with Gasteiger partial charge in [-0.15, -0.1) is 0 Å². The number of hydrogen-bond donors (Lipinski definition) is 1. The number of carbonyl (C=O) groups excluding carboxylic acids is 2. The Morgan fingerprint density at radius 2 is 1.86 bits per heavy atom. The van der Waals surface area contributed by atoms with Crippen LogP contribution in [0.4, 0.5) is 0 Å². The van der Waals surface area contributed by atoms with Crippen molar-refractivity contribution < 1.29 is 14.3 Å². The summed E-state index contributed by atoms with van der Waals surface area (Å²) in [7, 11) is 0. The smallest absolute Gasteiger partial charge is 0.226 e. The van der Waals surface area contributed by atoms with Crippen LogP contribution in [0.2, 0.25) is 0 Å². The number of rotatable bonds is 1. The molecule has 4 nitrogen and oxygen atoms in total. The first-order valence-electron chi connectivity index (χ1n) is 5.13. The van der Waals surface area contributed by atoms with Gasteiger partial charge in [-0.1, -0.05) is 0 Å². The van der Waals surface area contributed by atoms with Gasteiger partial charge in [-0.25, -0.2) is 0 Å². The van der Waals surface area contributed by atoms with Gasteiger partial charge in [0.1, 0.15) is 0 Å². The van der Waals surface area contributed by atoms with Gasteiger partial charge >= 0.3 is 0 Å². The van der Waals surface area contributed by atoms with E-state index in [1.54, 1.807) is 0 Å². The Balaban J connectivity index is 1.97. The summed E-state index contributed by atoms with van der Waals surface area (Å²) in [6.07, 6.45) is 3.27. The summed E-state index contributed by atoms with van der Waals surface area (Å²) in [6, 6.07) is 0. The molecule has 0 aromatic rings. The maximum Gasteiger partial charge on any atom is 0.226 e. The minimum Gasteiger partial charge on any atom is -0.375 e. The van der Waals surface area contributed by atoms with Crippen LogP contribution in [0, 0.1) is 5.92 Å². The minimum absolute atomic E-state index is 0.0983. The second-order valence-electron chi connectivity index (χ2n) is 4.20. The molecule has 0 saturated carbocycles. The Morgan fingerprint density at radius 1 is 1.21 bits per heavy atom. The van der Waals surface area contributed by atoms with Gasteiger partial charge in [0, 0.05) is 18.8 Å². The normalized spacial score (nSPS) is 34.6. The van der Waals surface area contributed by atoms with Crippen molar-refractivity contribution in [2.75, 3.05) is 0 Å². The lowest BCUT2D eigenvalue weighted by atomic mass is 9.90. The molecule has 2 aliphatic heterocycles. The first kappa shape index (κ1) is 9.65. The lowest BCUT2D eigenvalue weighted by Gasteiger charge is -2.25. The number of piperidine rings is 1. The third-order valence-corrected chi connectivity index (χ3v) is 2.96. The molecule has 2 fully saturated rings. The fraction of sp³-hybridized carbons (Fsp3) is 0.800. The molecule has 2 amide bonds. The van der Waals surface area contributed by atoms with Crippen LogP contribution >= 0.6 is 0 Å². The van der Waals surface area contributed by atoms with E-state index in [2.05, 4.69) is 5.32 Å². The standard InChI is InChI=1S/C10H15NO3/c1-6-2-3-8(14-6)7-4-9(12)11-10(13)5-7/h6-8H,2-5H2,1H3,(H,11,12,13). The Bertz CT molecular complexity index is 248. The molecule has 14 heavy (non-hydrogen) atoms. The minimum atomic E-state index is -0.158. The Kier molecular flexibility index (Phi) is 2.54. The van der Waals surface area contributed by atoms with Gasteiger partial charge in [-0.2, -0.15) is 0 Å². The highest BCUT2D eigenvalue weighted by molar-refractivity contribution is 5.97. The molecule has 2 heterocycles. The van der Waals surface area contributed by atoms with Gasteiger partial charge in [0.25, 0.3) is 0 Å². The second kappa shape index (κ2) is 3.69. The number of ether oxygens (including phenoxy) is 1. The Morgan fingerprint density at radius 3 is 2.36 bits per heavy atom. The molecule has 0 spiro atoms. The molecular weight excluding hydrogens is 182 g/mol. The van der Waals surface area contributed by atoms with Gasteiger partial charge < -0.3 is 4.74 Å². The highest BCUT2D eigenvalue weighted by atomic mass is 16.5. The van der Waals surface area contributed by atoms with E-state index in [0.29, 0.717) is 12.8 Å². The first-order valence-corrected chi connectivity index (χ1v) is 5.13. The van der Waals surface area contributed by atoms with E-state index in [9.17, 15) is 9.59 Å². The lowest BCUT2D eigenvalue weighted by molar-refractivity contribution is -0.137. The first-order chi connectivity index (χ1) is 6.65. The van der Waals surface area contributed by atoms with E-state index in [1.807, 2.05) is 6.92 Å².